The second-order valence-electron chi connectivity index (χ2n) is 3.01. The molecule has 1 aliphatic rings. The number of carbonyl (C=O) groups is 1. The molecule has 0 aromatic carbocycles. The first kappa shape index (κ1) is 8.49. The van der Waals surface area contributed by atoms with Gasteiger partial charge in [-0.25, -0.2) is 0 Å². The predicted octanol–water partition coefficient (Wildman–Crippen LogP) is -0.602. The Kier molecular flexibility index (Phi) is 2.84. The molecule has 1 rings (SSSR count). The van der Waals surface area contributed by atoms with Crippen LogP contribution in [0.3, 0.4) is 0 Å². The molecule has 1 heterocycles. The SMILES string of the molecule is NC1CCNCC1CC(=O)O. The zero-order chi connectivity index (χ0) is 8.27. The average molecular weight is 158 g/mol. The molecule has 0 spiro atoms. The standard InChI is InChI=1S/C7H14N2O2/c8-6-1-2-9-4-5(6)3-7(10)11/h5-6,9H,1-4,8H2,(H,10,11). The van der Waals surface area contributed by atoms with Crippen LogP contribution in [0.15, 0.2) is 0 Å². The topological polar surface area (TPSA) is 75.3 Å². The minimum atomic E-state index is -0.755. The molecule has 0 saturated carbocycles. The van der Waals surface area contributed by atoms with Crippen LogP contribution < -0.4 is 11.1 Å². The summed E-state index contributed by atoms with van der Waals surface area (Å²) in [6.07, 6.45) is 1.08. The van der Waals surface area contributed by atoms with Gasteiger partial charge in [-0.1, -0.05) is 0 Å². The fourth-order valence-electron chi connectivity index (χ4n) is 1.39. The van der Waals surface area contributed by atoms with Gasteiger partial charge in [0.05, 0.1) is 6.42 Å². The van der Waals surface area contributed by atoms with E-state index in [1.165, 1.54) is 0 Å². The van der Waals surface area contributed by atoms with Crippen LogP contribution in [0.2, 0.25) is 0 Å². The first-order valence-electron chi connectivity index (χ1n) is 3.88. The molecule has 2 unspecified atom stereocenters. The van der Waals surface area contributed by atoms with Gasteiger partial charge in [0.15, 0.2) is 0 Å². The Bertz CT molecular complexity index is 149. The summed E-state index contributed by atoms with van der Waals surface area (Å²) in [6.45, 7) is 1.66. The summed E-state index contributed by atoms with van der Waals surface area (Å²) < 4.78 is 0. The van der Waals surface area contributed by atoms with Crippen LogP contribution in [-0.4, -0.2) is 30.2 Å². The van der Waals surface area contributed by atoms with E-state index in [1.807, 2.05) is 0 Å². The normalized spacial score (nSPS) is 31.7. The van der Waals surface area contributed by atoms with Gasteiger partial charge in [0.25, 0.3) is 0 Å². The molecule has 64 valence electrons. The second-order valence-corrected chi connectivity index (χ2v) is 3.01. The van der Waals surface area contributed by atoms with Crippen molar-refractivity contribution in [3.8, 4) is 0 Å². The molecule has 2 atom stereocenters. The van der Waals surface area contributed by atoms with Crippen molar-refractivity contribution < 1.29 is 9.90 Å². The van der Waals surface area contributed by atoms with Crippen molar-refractivity contribution in [3.05, 3.63) is 0 Å². The third-order valence-corrected chi connectivity index (χ3v) is 2.10. The second kappa shape index (κ2) is 3.69. The molecule has 0 amide bonds. The first-order chi connectivity index (χ1) is 5.20. The van der Waals surface area contributed by atoms with Gasteiger partial charge in [-0.15, -0.1) is 0 Å². The van der Waals surface area contributed by atoms with E-state index < -0.39 is 5.97 Å². The number of piperidine rings is 1. The lowest BCUT2D eigenvalue weighted by Crippen LogP contribution is -2.45. The Morgan fingerprint density at radius 2 is 2.45 bits per heavy atom. The Hall–Kier alpha value is -0.610. The van der Waals surface area contributed by atoms with Crippen molar-refractivity contribution in [1.82, 2.24) is 5.32 Å². The van der Waals surface area contributed by atoms with Gasteiger partial charge >= 0.3 is 5.97 Å². The van der Waals surface area contributed by atoms with E-state index in [0.29, 0.717) is 0 Å². The van der Waals surface area contributed by atoms with Crippen LogP contribution in [0.4, 0.5) is 0 Å². The predicted molar refractivity (Wildman–Crippen MR) is 41.2 cm³/mol. The number of nitrogens with one attached hydrogen (secondary N) is 1. The summed E-state index contributed by atoms with van der Waals surface area (Å²) in [7, 11) is 0. The molecule has 4 heteroatoms. The lowest BCUT2D eigenvalue weighted by molar-refractivity contribution is -0.138. The molecule has 1 aliphatic heterocycles. The summed E-state index contributed by atoms with van der Waals surface area (Å²) in [5.41, 5.74) is 5.72. The summed E-state index contributed by atoms with van der Waals surface area (Å²) >= 11 is 0. The fourth-order valence-corrected chi connectivity index (χ4v) is 1.39. The van der Waals surface area contributed by atoms with E-state index in [2.05, 4.69) is 5.32 Å². The van der Waals surface area contributed by atoms with Crippen molar-refractivity contribution in [2.24, 2.45) is 11.7 Å². The van der Waals surface area contributed by atoms with E-state index >= 15 is 0 Å². The lowest BCUT2D eigenvalue weighted by atomic mass is 9.91. The molecule has 0 aliphatic carbocycles. The Morgan fingerprint density at radius 1 is 1.73 bits per heavy atom. The number of nitrogens with two attached hydrogens (primary N) is 1. The van der Waals surface area contributed by atoms with Crippen molar-refractivity contribution >= 4 is 5.97 Å². The number of hydrogen-bond donors (Lipinski definition) is 3. The van der Waals surface area contributed by atoms with Crippen LogP contribution in [0.5, 0.6) is 0 Å². The lowest BCUT2D eigenvalue weighted by Gasteiger charge is -2.27. The van der Waals surface area contributed by atoms with Gasteiger partial charge in [0.1, 0.15) is 0 Å². The van der Waals surface area contributed by atoms with Crippen LogP contribution in [0, 0.1) is 5.92 Å². The third kappa shape index (κ3) is 2.48. The molecular formula is C7H14N2O2. The van der Waals surface area contributed by atoms with Crippen molar-refractivity contribution in [2.75, 3.05) is 13.1 Å². The monoisotopic (exact) mass is 158 g/mol. The first-order valence-corrected chi connectivity index (χ1v) is 3.88. The minimum absolute atomic E-state index is 0.0624. The van der Waals surface area contributed by atoms with Crippen molar-refractivity contribution in [1.29, 1.82) is 0 Å². The van der Waals surface area contributed by atoms with Crippen molar-refractivity contribution in [2.45, 2.75) is 18.9 Å². The van der Waals surface area contributed by atoms with E-state index in [9.17, 15) is 4.79 Å². The molecule has 0 aromatic rings. The van der Waals surface area contributed by atoms with Crippen molar-refractivity contribution in [3.63, 3.8) is 0 Å². The van der Waals surface area contributed by atoms with Gasteiger partial charge < -0.3 is 16.2 Å². The van der Waals surface area contributed by atoms with Crippen LogP contribution in [0.25, 0.3) is 0 Å². The zero-order valence-corrected chi connectivity index (χ0v) is 6.42. The highest BCUT2D eigenvalue weighted by atomic mass is 16.4. The molecular weight excluding hydrogens is 144 g/mol. The van der Waals surface area contributed by atoms with E-state index in [0.717, 1.165) is 19.5 Å². The molecule has 0 aromatic heterocycles. The fraction of sp³-hybridized carbons (Fsp3) is 0.857. The van der Waals surface area contributed by atoms with E-state index in [-0.39, 0.29) is 18.4 Å². The number of carboxylic acid groups (broad SMARTS) is 1. The van der Waals surface area contributed by atoms with E-state index in [1.54, 1.807) is 0 Å². The largest absolute Gasteiger partial charge is 0.481 e. The molecule has 0 radical (unpaired) electrons. The maximum atomic E-state index is 10.3. The highest BCUT2D eigenvalue weighted by Gasteiger charge is 2.23. The minimum Gasteiger partial charge on any atom is -0.481 e. The summed E-state index contributed by atoms with van der Waals surface area (Å²) in [5, 5.41) is 11.6. The van der Waals surface area contributed by atoms with Gasteiger partial charge in [0.2, 0.25) is 0 Å². The third-order valence-electron chi connectivity index (χ3n) is 2.10. The molecule has 0 bridgehead atoms. The quantitative estimate of drug-likeness (QED) is 0.501. The van der Waals surface area contributed by atoms with Crippen LogP contribution >= 0.6 is 0 Å². The smallest absolute Gasteiger partial charge is 0.303 e. The Balaban J connectivity index is 2.35. The van der Waals surface area contributed by atoms with Crippen LogP contribution in [0.1, 0.15) is 12.8 Å². The molecule has 4 nitrogen and oxygen atoms in total. The highest BCUT2D eigenvalue weighted by Crippen LogP contribution is 2.12. The molecule has 4 N–H and O–H groups in total. The van der Waals surface area contributed by atoms with Gasteiger partial charge in [0, 0.05) is 6.04 Å². The maximum Gasteiger partial charge on any atom is 0.303 e. The van der Waals surface area contributed by atoms with Crippen LogP contribution in [-0.2, 0) is 4.79 Å². The molecule has 11 heavy (non-hydrogen) atoms. The Labute approximate surface area is 65.8 Å². The maximum absolute atomic E-state index is 10.3. The highest BCUT2D eigenvalue weighted by molar-refractivity contribution is 5.67. The van der Waals surface area contributed by atoms with E-state index in [4.69, 9.17) is 10.8 Å². The average Bonchev–Trinajstić information content (AvgIpc) is 1.93. The number of hydrogen-bond acceptors (Lipinski definition) is 3. The summed E-state index contributed by atoms with van der Waals surface area (Å²) in [5.74, 6) is -0.643. The van der Waals surface area contributed by atoms with Gasteiger partial charge in [-0.2, -0.15) is 0 Å². The van der Waals surface area contributed by atoms with Gasteiger partial charge in [-0.05, 0) is 25.4 Å². The summed E-state index contributed by atoms with van der Waals surface area (Å²) in [4.78, 5) is 10.3. The zero-order valence-electron chi connectivity index (χ0n) is 6.42. The number of carboxylic acids is 1. The molecule has 1 fully saturated rings. The Morgan fingerprint density at radius 3 is 3.00 bits per heavy atom. The van der Waals surface area contributed by atoms with Gasteiger partial charge in [-0.3, -0.25) is 4.79 Å². The number of rotatable bonds is 2. The number of aliphatic carboxylic acids is 1. The molecule has 1 saturated heterocycles. The summed E-state index contributed by atoms with van der Waals surface area (Å²) in [6, 6.07) is 0.0624.